The summed E-state index contributed by atoms with van der Waals surface area (Å²) in [4.78, 5) is 25.8. The van der Waals surface area contributed by atoms with E-state index in [9.17, 15) is 9.59 Å². The second-order valence-electron chi connectivity index (χ2n) is 5.87. The second-order valence-corrected chi connectivity index (χ2v) is 6.98. The van der Waals surface area contributed by atoms with E-state index < -0.39 is 0 Å². The van der Waals surface area contributed by atoms with Crippen LogP contribution < -0.4 is 0 Å². The van der Waals surface area contributed by atoms with Crippen molar-refractivity contribution in [1.82, 2.24) is 10.1 Å². The van der Waals surface area contributed by atoms with Gasteiger partial charge in [-0.2, -0.15) is 11.8 Å². The summed E-state index contributed by atoms with van der Waals surface area (Å²) in [5, 5.41) is 3.95. The maximum Gasteiger partial charge on any atom is 0.261 e. The second kappa shape index (κ2) is 7.21. The van der Waals surface area contributed by atoms with Crippen molar-refractivity contribution in [3.8, 4) is 0 Å². The Labute approximate surface area is 145 Å². The normalized spacial score (nSPS) is 13.7. The van der Waals surface area contributed by atoms with E-state index in [2.05, 4.69) is 5.16 Å². The number of hydrogen-bond donors (Lipinski definition) is 0. The number of benzene rings is 1. The first-order valence-corrected chi connectivity index (χ1v) is 9.19. The topological polar surface area (TPSA) is 63.4 Å². The van der Waals surface area contributed by atoms with Crippen LogP contribution in [0.25, 0.3) is 0 Å². The van der Waals surface area contributed by atoms with Crippen LogP contribution in [-0.4, -0.2) is 34.2 Å². The minimum absolute atomic E-state index is 0.168. The maximum absolute atomic E-state index is 12.2. The molecule has 3 rings (SSSR count). The molecule has 2 aromatic rings. The summed E-state index contributed by atoms with van der Waals surface area (Å²) in [6.45, 7) is 4.37. The quantitative estimate of drug-likeness (QED) is 0.567. The number of nitrogens with zero attached hydrogens (tertiary/aromatic N) is 2. The van der Waals surface area contributed by atoms with Crippen molar-refractivity contribution >= 4 is 23.6 Å². The summed E-state index contributed by atoms with van der Waals surface area (Å²) in [7, 11) is 0. The lowest BCUT2D eigenvalue weighted by Gasteiger charge is -2.13. The molecule has 0 atom stereocenters. The molecule has 0 saturated heterocycles. The summed E-state index contributed by atoms with van der Waals surface area (Å²) in [5.74, 6) is 2.41. The number of carbonyl (C=O) groups is 2. The van der Waals surface area contributed by atoms with Crippen LogP contribution in [0.15, 0.2) is 28.8 Å². The fourth-order valence-corrected chi connectivity index (χ4v) is 3.97. The molecular weight excluding hydrogens is 324 g/mol. The molecule has 0 aliphatic carbocycles. The molecule has 0 fully saturated rings. The number of rotatable bonds is 7. The predicted octanol–water partition coefficient (Wildman–Crippen LogP) is 3.60. The van der Waals surface area contributed by atoms with Gasteiger partial charge >= 0.3 is 0 Å². The molecule has 1 aliphatic rings. The highest BCUT2D eigenvalue weighted by Crippen LogP contribution is 2.23. The molecule has 0 bridgehead atoms. The number of fused-ring (bicyclic) bond motifs is 1. The zero-order chi connectivity index (χ0) is 17.1. The fraction of sp³-hybridized carbons (Fsp3) is 0.389. The van der Waals surface area contributed by atoms with E-state index in [1.165, 1.54) is 10.5 Å². The van der Waals surface area contributed by atoms with Crippen LogP contribution in [0, 0.1) is 13.8 Å². The molecule has 1 aromatic heterocycles. The highest BCUT2D eigenvalue weighted by molar-refractivity contribution is 7.98. The van der Waals surface area contributed by atoms with Gasteiger partial charge in [0.2, 0.25) is 0 Å². The van der Waals surface area contributed by atoms with Crippen molar-refractivity contribution in [2.45, 2.75) is 32.4 Å². The monoisotopic (exact) mass is 344 g/mol. The van der Waals surface area contributed by atoms with Crippen LogP contribution in [0.1, 0.15) is 50.6 Å². The van der Waals surface area contributed by atoms with Gasteiger partial charge in [-0.3, -0.25) is 14.5 Å². The molecule has 5 nitrogen and oxygen atoms in total. The molecular formula is C18H20N2O3S. The van der Waals surface area contributed by atoms with Crippen molar-refractivity contribution in [1.29, 1.82) is 0 Å². The summed E-state index contributed by atoms with van der Waals surface area (Å²) >= 11 is 1.82. The highest BCUT2D eigenvalue weighted by Gasteiger charge is 2.34. The number of hydrogen-bond acceptors (Lipinski definition) is 5. The summed E-state index contributed by atoms with van der Waals surface area (Å²) in [6, 6.07) is 7.02. The van der Waals surface area contributed by atoms with E-state index in [0.29, 0.717) is 17.7 Å². The van der Waals surface area contributed by atoms with Gasteiger partial charge in [0.1, 0.15) is 5.76 Å². The van der Waals surface area contributed by atoms with Gasteiger partial charge in [-0.15, -0.1) is 0 Å². The Morgan fingerprint density at radius 1 is 1.08 bits per heavy atom. The van der Waals surface area contributed by atoms with E-state index in [1.54, 1.807) is 24.3 Å². The SMILES string of the molecule is Cc1noc(C)c1CSCCCCN1C(=O)c2ccccc2C1=O. The zero-order valence-corrected chi connectivity index (χ0v) is 14.7. The van der Waals surface area contributed by atoms with Crippen molar-refractivity contribution in [3.63, 3.8) is 0 Å². The molecule has 0 radical (unpaired) electrons. The Morgan fingerprint density at radius 2 is 1.75 bits per heavy atom. The van der Waals surface area contributed by atoms with Crippen molar-refractivity contribution in [3.05, 3.63) is 52.4 Å². The van der Waals surface area contributed by atoms with Gasteiger partial charge in [0.05, 0.1) is 16.8 Å². The number of aryl methyl sites for hydroxylation is 2. The van der Waals surface area contributed by atoms with Gasteiger partial charge in [0.25, 0.3) is 11.8 Å². The number of unbranched alkanes of at least 4 members (excludes halogenated alkanes) is 1. The average molecular weight is 344 g/mol. The van der Waals surface area contributed by atoms with Crippen LogP contribution in [0.3, 0.4) is 0 Å². The van der Waals surface area contributed by atoms with E-state index in [1.807, 2.05) is 25.6 Å². The van der Waals surface area contributed by atoms with Gasteiger partial charge < -0.3 is 4.52 Å². The van der Waals surface area contributed by atoms with E-state index in [4.69, 9.17) is 4.52 Å². The summed E-state index contributed by atoms with van der Waals surface area (Å²) in [5.41, 5.74) is 3.16. The zero-order valence-electron chi connectivity index (χ0n) is 13.9. The Bertz CT molecular complexity index is 715. The molecule has 0 spiro atoms. The lowest BCUT2D eigenvalue weighted by Crippen LogP contribution is -2.30. The van der Waals surface area contributed by atoms with Gasteiger partial charge in [0.15, 0.2) is 0 Å². The van der Waals surface area contributed by atoms with Gasteiger partial charge in [-0.05, 0) is 44.6 Å². The van der Waals surface area contributed by atoms with Crippen molar-refractivity contribution in [2.24, 2.45) is 0 Å². The lowest BCUT2D eigenvalue weighted by atomic mass is 10.1. The molecule has 2 heterocycles. The number of amides is 2. The summed E-state index contributed by atoms with van der Waals surface area (Å²) < 4.78 is 5.15. The minimum atomic E-state index is -0.168. The highest BCUT2D eigenvalue weighted by atomic mass is 32.2. The van der Waals surface area contributed by atoms with Crippen molar-refractivity contribution in [2.75, 3.05) is 12.3 Å². The van der Waals surface area contributed by atoms with Gasteiger partial charge in [0, 0.05) is 17.9 Å². The van der Waals surface area contributed by atoms with Crippen LogP contribution >= 0.6 is 11.8 Å². The first-order chi connectivity index (χ1) is 11.6. The number of imide groups is 1. The third-order valence-electron chi connectivity index (χ3n) is 4.23. The predicted molar refractivity (Wildman–Crippen MR) is 93.2 cm³/mol. The van der Waals surface area contributed by atoms with Crippen molar-refractivity contribution < 1.29 is 14.1 Å². The molecule has 126 valence electrons. The molecule has 1 aromatic carbocycles. The molecule has 0 N–H and O–H groups in total. The molecule has 0 saturated carbocycles. The number of thioether (sulfide) groups is 1. The Kier molecular flexibility index (Phi) is 5.04. The lowest BCUT2D eigenvalue weighted by molar-refractivity contribution is 0.0652. The molecule has 1 aliphatic heterocycles. The Balaban J connectivity index is 1.42. The third-order valence-corrected chi connectivity index (χ3v) is 5.30. The third kappa shape index (κ3) is 3.24. The molecule has 24 heavy (non-hydrogen) atoms. The van der Waals surface area contributed by atoms with Gasteiger partial charge in [-0.1, -0.05) is 17.3 Å². The van der Waals surface area contributed by atoms with Crippen LogP contribution in [-0.2, 0) is 5.75 Å². The molecule has 6 heteroatoms. The first kappa shape index (κ1) is 16.8. The smallest absolute Gasteiger partial charge is 0.261 e. The Hall–Kier alpha value is -2.08. The molecule has 0 unspecified atom stereocenters. The van der Waals surface area contributed by atoms with E-state index in [-0.39, 0.29) is 11.8 Å². The largest absolute Gasteiger partial charge is 0.361 e. The molecule has 2 amide bonds. The average Bonchev–Trinajstić information content (AvgIpc) is 3.03. The standard InChI is InChI=1S/C18H20N2O3S/c1-12-16(13(2)23-19-12)11-24-10-6-5-9-20-17(21)14-7-3-4-8-15(14)18(20)22/h3-4,7-8H,5-6,9-11H2,1-2H3. The van der Waals surface area contributed by atoms with Crippen LogP contribution in [0.5, 0.6) is 0 Å². The fourth-order valence-electron chi connectivity index (χ4n) is 2.80. The van der Waals surface area contributed by atoms with E-state index in [0.717, 1.165) is 35.8 Å². The maximum atomic E-state index is 12.2. The van der Waals surface area contributed by atoms with Crippen LogP contribution in [0.2, 0.25) is 0 Å². The Morgan fingerprint density at radius 3 is 2.33 bits per heavy atom. The summed E-state index contributed by atoms with van der Waals surface area (Å²) in [6.07, 6.45) is 1.78. The van der Waals surface area contributed by atoms with Crippen LogP contribution in [0.4, 0.5) is 0 Å². The van der Waals surface area contributed by atoms with E-state index >= 15 is 0 Å². The number of carbonyl (C=O) groups excluding carboxylic acids is 2. The first-order valence-electron chi connectivity index (χ1n) is 8.04. The number of aromatic nitrogens is 1. The van der Waals surface area contributed by atoms with Gasteiger partial charge in [-0.25, -0.2) is 0 Å². The minimum Gasteiger partial charge on any atom is -0.361 e.